The molecule has 0 fully saturated rings. The van der Waals surface area contributed by atoms with Gasteiger partial charge in [-0.25, -0.2) is 0 Å². The number of hydrogen-bond donors (Lipinski definition) is 2. The van der Waals surface area contributed by atoms with E-state index in [0.29, 0.717) is 37.7 Å². The Morgan fingerprint density at radius 3 is 2.61 bits per heavy atom. The molecule has 0 spiro atoms. The van der Waals surface area contributed by atoms with Gasteiger partial charge in [0.15, 0.2) is 0 Å². The second-order valence-electron chi connectivity index (χ2n) is 3.98. The van der Waals surface area contributed by atoms with Crippen molar-refractivity contribution >= 4 is 11.6 Å². The molecule has 0 saturated heterocycles. The molecule has 0 radical (unpaired) electrons. The second kappa shape index (κ2) is 7.73. The van der Waals surface area contributed by atoms with Gasteiger partial charge in [0.05, 0.1) is 6.61 Å². The number of rotatable bonds is 8. The zero-order valence-electron chi connectivity index (χ0n) is 10.9. The lowest BCUT2D eigenvalue weighted by molar-refractivity contribution is 0.0669. The first kappa shape index (κ1) is 14.5. The highest BCUT2D eigenvalue weighted by Gasteiger charge is 2.16. The molecule has 0 unspecified atom stereocenters. The summed E-state index contributed by atoms with van der Waals surface area (Å²) in [6.07, 6.45) is 2.40. The number of nitrogens with two attached hydrogens (primary N) is 1. The summed E-state index contributed by atoms with van der Waals surface area (Å²) in [5, 5.41) is 0. The molecule has 0 aliphatic carbocycles. The fourth-order valence-electron chi connectivity index (χ4n) is 1.62. The van der Waals surface area contributed by atoms with Crippen LogP contribution in [0.2, 0.25) is 0 Å². The zero-order chi connectivity index (χ0) is 13.4. The predicted molar refractivity (Wildman–Crippen MR) is 69.5 cm³/mol. The van der Waals surface area contributed by atoms with Gasteiger partial charge in [-0.1, -0.05) is 0 Å². The number of ether oxygens (including phenoxy) is 2. The minimum absolute atomic E-state index is 0.0696. The lowest BCUT2D eigenvalue weighted by Crippen LogP contribution is -2.35. The van der Waals surface area contributed by atoms with Crippen molar-refractivity contribution in [1.29, 1.82) is 0 Å². The zero-order valence-corrected chi connectivity index (χ0v) is 10.9. The van der Waals surface area contributed by atoms with E-state index in [1.807, 2.05) is 0 Å². The Labute approximate surface area is 107 Å². The highest BCUT2D eigenvalue weighted by atomic mass is 16.5. The third-order valence-electron chi connectivity index (χ3n) is 2.56. The number of carbonyl (C=O) groups is 1. The molecule has 1 aromatic rings. The molecule has 6 nitrogen and oxygen atoms in total. The van der Waals surface area contributed by atoms with Crippen LogP contribution in [0.15, 0.2) is 12.3 Å². The topological polar surface area (TPSA) is 80.6 Å². The highest BCUT2D eigenvalue weighted by Crippen LogP contribution is 2.08. The summed E-state index contributed by atoms with van der Waals surface area (Å²) in [6.45, 7) is 2.32. The first-order valence-electron chi connectivity index (χ1n) is 5.90. The summed E-state index contributed by atoms with van der Waals surface area (Å²) in [7, 11) is 3.26. The van der Waals surface area contributed by atoms with Gasteiger partial charge in [-0.2, -0.15) is 0 Å². The van der Waals surface area contributed by atoms with E-state index in [-0.39, 0.29) is 5.91 Å². The second-order valence-corrected chi connectivity index (χ2v) is 3.98. The average Bonchev–Trinajstić information content (AvgIpc) is 2.79. The molecular formula is C12H21N3O3. The van der Waals surface area contributed by atoms with Crippen LogP contribution in [0.3, 0.4) is 0 Å². The number of nitrogens with zero attached hydrogens (tertiary/aromatic N) is 1. The number of carbonyl (C=O) groups excluding carboxylic acids is 1. The first-order valence-corrected chi connectivity index (χ1v) is 5.90. The summed E-state index contributed by atoms with van der Waals surface area (Å²) in [5.41, 5.74) is 6.65. The highest BCUT2D eigenvalue weighted by molar-refractivity contribution is 5.93. The Hall–Kier alpha value is -1.53. The van der Waals surface area contributed by atoms with E-state index in [1.54, 1.807) is 31.4 Å². The molecule has 102 valence electrons. The van der Waals surface area contributed by atoms with E-state index in [2.05, 4.69) is 4.98 Å². The Balaban J connectivity index is 2.59. The summed E-state index contributed by atoms with van der Waals surface area (Å²) < 4.78 is 10.00. The van der Waals surface area contributed by atoms with E-state index in [0.717, 1.165) is 6.42 Å². The van der Waals surface area contributed by atoms with Crippen LogP contribution >= 0.6 is 0 Å². The number of amides is 1. The van der Waals surface area contributed by atoms with Gasteiger partial charge in [0.2, 0.25) is 0 Å². The SMILES string of the molecule is COCCCN(CCOC)C(=O)c1cc(N)c[nH]1. The van der Waals surface area contributed by atoms with Gasteiger partial charge in [0, 0.05) is 45.8 Å². The maximum absolute atomic E-state index is 12.2. The van der Waals surface area contributed by atoms with Crippen molar-refractivity contribution in [3.8, 4) is 0 Å². The fraction of sp³-hybridized carbons (Fsp3) is 0.583. The predicted octanol–water partition coefficient (Wildman–Crippen LogP) is 0.722. The van der Waals surface area contributed by atoms with Gasteiger partial charge >= 0.3 is 0 Å². The number of methoxy groups -OCH3 is 2. The van der Waals surface area contributed by atoms with Crippen molar-refractivity contribution in [3.05, 3.63) is 18.0 Å². The van der Waals surface area contributed by atoms with Gasteiger partial charge in [-0.15, -0.1) is 0 Å². The van der Waals surface area contributed by atoms with Gasteiger partial charge in [0.1, 0.15) is 5.69 Å². The number of hydrogen-bond acceptors (Lipinski definition) is 4. The quantitative estimate of drug-likeness (QED) is 0.671. The van der Waals surface area contributed by atoms with Crippen molar-refractivity contribution in [1.82, 2.24) is 9.88 Å². The van der Waals surface area contributed by atoms with Crippen LogP contribution in [0.5, 0.6) is 0 Å². The third kappa shape index (κ3) is 4.38. The molecule has 1 aromatic heterocycles. The molecule has 3 N–H and O–H groups in total. The third-order valence-corrected chi connectivity index (χ3v) is 2.56. The van der Waals surface area contributed by atoms with Gasteiger partial charge in [0.25, 0.3) is 5.91 Å². The largest absolute Gasteiger partial charge is 0.397 e. The monoisotopic (exact) mass is 255 g/mol. The Kier molecular flexibility index (Phi) is 6.24. The minimum atomic E-state index is -0.0696. The average molecular weight is 255 g/mol. The Morgan fingerprint density at radius 2 is 2.06 bits per heavy atom. The molecule has 18 heavy (non-hydrogen) atoms. The lowest BCUT2D eigenvalue weighted by Gasteiger charge is -2.21. The summed E-state index contributed by atoms with van der Waals surface area (Å²) in [6, 6.07) is 1.64. The summed E-state index contributed by atoms with van der Waals surface area (Å²) in [5.74, 6) is -0.0696. The van der Waals surface area contributed by atoms with Crippen LogP contribution in [0.1, 0.15) is 16.9 Å². The number of nitrogens with one attached hydrogen (secondary N) is 1. The van der Waals surface area contributed by atoms with Crippen molar-refractivity contribution in [3.63, 3.8) is 0 Å². The van der Waals surface area contributed by atoms with E-state index >= 15 is 0 Å². The first-order chi connectivity index (χ1) is 8.69. The molecule has 1 heterocycles. The number of aromatic nitrogens is 1. The molecule has 6 heteroatoms. The number of aromatic amines is 1. The molecule has 0 aliphatic rings. The number of anilines is 1. The molecule has 1 amide bonds. The minimum Gasteiger partial charge on any atom is -0.397 e. The molecule has 0 atom stereocenters. The summed E-state index contributed by atoms with van der Waals surface area (Å²) >= 11 is 0. The molecule has 0 bridgehead atoms. The Bertz CT molecular complexity index is 365. The van der Waals surface area contributed by atoms with E-state index < -0.39 is 0 Å². The van der Waals surface area contributed by atoms with E-state index in [4.69, 9.17) is 15.2 Å². The van der Waals surface area contributed by atoms with Crippen molar-refractivity contribution in [2.24, 2.45) is 0 Å². The number of nitrogen functional groups attached to an aromatic ring is 1. The maximum Gasteiger partial charge on any atom is 0.270 e. The van der Waals surface area contributed by atoms with Gasteiger partial charge < -0.3 is 25.1 Å². The van der Waals surface area contributed by atoms with Crippen molar-refractivity contribution in [2.45, 2.75) is 6.42 Å². The summed E-state index contributed by atoms with van der Waals surface area (Å²) in [4.78, 5) is 16.8. The maximum atomic E-state index is 12.2. The molecule has 0 aromatic carbocycles. The fourth-order valence-corrected chi connectivity index (χ4v) is 1.62. The lowest BCUT2D eigenvalue weighted by atomic mass is 10.3. The number of H-pyrrole nitrogens is 1. The molecule has 1 rings (SSSR count). The standard InChI is InChI=1S/C12H21N3O3/c1-17-6-3-4-15(5-7-18-2)12(16)11-8-10(13)9-14-11/h8-9,14H,3-7,13H2,1-2H3. The van der Waals surface area contributed by atoms with Crippen LogP contribution < -0.4 is 5.73 Å². The van der Waals surface area contributed by atoms with Crippen LogP contribution in [-0.2, 0) is 9.47 Å². The smallest absolute Gasteiger partial charge is 0.270 e. The van der Waals surface area contributed by atoms with Crippen LogP contribution in [0.4, 0.5) is 5.69 Å². The van der Waals surface area contributed by atoms with E-state index in [1.165, 1.54) is 0 Å². The van der Waals surface area contributed by atoms with Gasteiger partial charge in [-0.3, -0.25) is 4.79 Å². The van der Waals surface area contributed by atoms with Crippen molar-refractivity contribution < 1.29 is 14.3 Å². The molecule has 0 saturated carbocycles. The molecular weight excluding hydrogens is 234 g/mol. The van der Waals surface area contributed by atoms with Crippen LogP contribution in [-0.4, -0.2) is 56.3 Å². The van der Waals surface area contributed by atoms with Gasteiger partial charge in [-0.05, 0) is 12.5 Å². The van der Waals surface area contributed by atoms with Crippen LogP contribution in [0.25, 0.3) is 0 Å². The Morgan fingerprint density at radius 1 is 1.33 bits per heavy atom. The van der Waals surface area contributed by atoms with Crippen molar-refractivity contribution in [2.75, 3.05) is 46.3 Å². The normalized spacial score (nSPS) is 10.6. The molecule has 0 aliphatic heterocycles. The van der Waals surface area contributed by atoms with Crippen LogP contribution in [0, 0.1) is 0 Å². The van der Waals surface area contributed by atoms with E-state index in [9.17, 15) is 4.79 Å².